The maximum Gasteiger partial charge on any atom is 0.289 e. The second kappa shape index (κ2) is 9.99. The Bertz CT molecular complexity index is 1310. The predicted molar refractivity (Wildman–Crippen MR) is 133 cm³/mol. The molecule has 35 heavy (non-hydrogen) atoms. The van der Waals surface area contributed by atoms with Crippen molar-refractivity contribution >= 4 is 17.6 Å². The van der Waals surface area contributed by atoms with Gasteiger partial charge in [0.25, 0.3) is 5.91 Å². The molecule has 0 radical (unpaired) electrons. The lowest BCUT2D eigenvalue weighted by Crippen LogP contribution is -2.50. The van der Waals surface area contributed by atoms with Crippen LogP contribution >= 0.6 is 0 Å². The predicted octanol–water partition coefficient (Wildman–Crippen LogP) is 3.84. The highest BCUT2D eigenvalue weighted by molar-refractivity contribution is 5.93. The highest BCUT2D eigenvalue weighted by atomic mass is 16.3. The van der Waals surface area contributed by atoms with Gasteiger partial charge in [-0.25, -0.2) is 4.68 Å². The molecule has 8 heteroatoms. The second-order valence-corrected chi connectivity index (χ2v) is 8.56. The molecule has 1 aliphatic heterocycles. The molecule has 0 aliphatic carbocycles. The van der Waals surface area contributed by atoms with Gasteiger partial charge in [-0.05, 0) is 31.2 Å². The normalized spacial score (nSPS) is 14.1. The summed E-state index contributed by atoms with van der Waals surface area (Å²) in [5.74, 6) is 1.46. The van der Waals surface area contributed by atoms with E-state index in [0.29, 0.717) is 43.5 Å². The zero-order chi connectivity index (χ0) is 24.2. The first-order chi connectivity index (χ1) is 17.1. The molecule has 0 unspecified atom stereocenters. The summed E-state index contributed by atoms with van der Waals surface area (Å²) in [4.78, 5) is 29.4. The highest BCUT2D eigenvalue weighted by Gasteiger charge is 2.25. The fourth-order valence-electron chi connectivity index (χ4n) is 4.19. The third-order valence-electron chi connectivity index (χ3n) is 6.03. The molecule has 0 atom stereocenters. The molecule has 2 aromatic heterocycles. The average molecular weight is 470 g/mol. The van der Waals surface area contributed by atoms with Crippen molar-refractivity contribution in [2.45, 2.75) is 6.92 Å². The number of piperazine rings is 1. The SMILES string of the molecule is Cc1ccc(C(=O)N2CCN(CC(=O)Nc3cc(-c4ccccc4)nn3-c3ccccc3)CC2)o1. The van der Waals surface area contributed by atoms with Crippen LogP contribution < -0.4 is 5.32 Å². The van der Waals surface area contributed by atoms with Gasteiger partial charge < -0.3 is 14.6 Å². The molecule has 5 rings (SSSR count). The number of aromatic nitrogens is 2. The van der Waals surface area contributed by atoms with Gasteiger partial charge in [-0.1, -0.05) is 48.5 Å². The Hall–Kier alpha value is -4.17. The quantitative estimate of drug-likeness (QED) is 0.464. The summed E-state index contributed by atoms with van der Waals surface area (Å²) in [6.45, 7) is 4.39. The van der Waals surface area contributed by atoms with Gasteiger partial charge in [-0.3, -0.25) is 14.5 Å². The van der Waals surface area contributed by atoms with Gasteiger partial charge in [0.2, 0.25) is 5.91 Å². The lowest BCUT2D eigenvalue weighted by molar-refractivity contribution is -0.117. The van der Waals surface area contributed by atoms with E-state index in [1.165, 1.54) is 0 Å². The van der Waals surface area contributed by atoms with E-state index in [4.69, 9.17) is 9.52 Å². The lowest BCUT2D eigenvalue weighted by Gasteiger charge is -2.33. The zero-order valence-electron chi connectivity index (χ0n) is 19.6. The van der Waals surface area contributed by atoms with Gasteiger partial charge in [0.15, 0.2) is 5.76 Å². The molecule has 0 spiro atoms. The van der Waals surface area contributed by atoms with Crippen LogP contribution in [-0.2, 0) is 4.79 Å². The molecule has 3 heterocycles. The first kappa shape index (κ1) is 22.6. The fourth-order valence-corrected chi connectivity index (χ4v) is 4.19. The Morgan fingerprint density at radius 3 is 2.26 bits per heavy atom. The number of aryl methyl sites for hydroxylation is 1. The summed E-state index contributed by atoms with van der Waals surface area (Å²) in [5.41, 5.74) is 2.63. The molecule has 0 bridgehead atoms. The van der Waals surface area contributed by atoms with E-state index >= 15 is 0 Å². The maximum atomic E-state index is 13.0. The van der Waals surface area contributed by atoms with E-state index in [0.717, 1.165) is 16.9 Å². The number of carbonyl (C=O) groups excluding carboxylic acids is 2. The van der Waals surface area contributed by atoms with Crippen LogP contribution in [0.25, 0.3) is 16.9 Å². The van der Waals surface area contributed by atoms with Crippen molar-refractivity contribution in [2.24, 2.45) is 0 Å². The van der Waals surface area contributed by atoms with Crippen molar-refractivity contribution in [3.8, 4) is 16.9 Å². The molecule has 1 N–H and O–H groups in total. The van der Waals surface area contributed by atoms with Gasteiger partial charge >= 0.3 is 0 Å². The van der Waals surface area contributed by atoms with Gasteiger partial charge in [-0.15, -0.1) is 0 Å². The topological polar surface area (TPSA) is 83.6 Å². The summed E-state index contributed by atoms with van der Waals surface area (Å²) in [6.07, 6.45) is 0. The van der Waals surface area contributed by atoms with Crippen LogP contribution in [0.2, 0.25) is 0 Å². The molecule has 1 fully saturated rings. The molecule has 2 aromatic carbocycles. The van der Waals surface area contributed by atoms with E-state index in [1.54, 1.807) is 21.7 Å². The van der Waals surface area contributed by atoms with Crippen LogP contribution in [0.15, 0.2) is 83.3 Å². The van der Waals surface area contributed by atoms with Gasteiger partial charge in [-0.2, -0.15) is 5.10 Å². The standard InChI is InChI=1S/C27H27N5O3/c1-20-12-13-24(35-20)27(34)31-16-14-30(15-17-31)19-26(33)28-25-18-23(21-8-4-2-5-9-21)29-32(25)22-10-6-3-7-11-22/h2-13,18H,14-17,19H2,1H3,(H,28,33). The number of amides is 2. The smallest absolute Gasteiger partial charge is 0.289 e. The Labute approximate surface area is 203 Å². The molecule has 1 saturated heterocycles. The first-order valence-electron chi connectivity index (χ1n) is 11.7. The number of hydrogen-bond donors (Lipinski definition) is 1. The van der Waals surface area contributed by atoms with Gasteiger partial charge in [0, 0.05) is 37.8 Å². The second-order valence-electron chi connectivity index (χ2n) is 8.56. The maximum absolute atomic E-state index is 13.0. The van der Waals surface area contributed by atoms with E-state index in [1.807, 2.05) is 78.6 Å². The van der Waals surface area contributed by atoms with Crippen molar-refractivity contribution in [3.63, 3.8) is 0 Å². The van der Waals surface area contributed by atoms with E-state index in [2.05, 4.69) is 5.32 Å². The highest BCUT2D eigenvalue weighted by Crippen LogP contribution is 2.24. The summed E-state index contributed by atoms with van der Waals surface area (Å²) >= 11 is 0. The number of hydrogen-bond acceptors (Lipinski definition) is 5. The summed E-state index contributed by atoms with van der Waals surface area (Å²) in [5, 5.41) is 7.78. The van der Waals surface area contributed by atoms with E-state index in [9.17, 15) is 9.59 Å². The number of furan rings is 1. The lowest BCUT2D eigenvalue weighted by atomic mass is 10.1. The van der Waals surface area contributed by atoms with Crippen LogP contribution in [0.4, 0.5) is 5.82 Å². The van der Waals surface area contributed by atoms with Crippen molar-refractivity contribution in [3.05, 3.63) is 90.4 Å². The molecule has 178 valence electrons. The van der Waals surface area contributed by atoms with Crippen molar-refractivity contribution in [2.75, 3.05) is 38.0 Å². The van der Waals surface area contributed by atoms with Crippen LogP contribution in [0, 0.1) is 6.92 Å². The number of rotatable bonds is 6. The number of benzene rings is 2. The minimum Gasteiger partial charge on any atom is -0.456 e. The summed E-state index contributed by atoms with van der Waals surface area (Å²) < 4.78 is 7.21. The minimum atomic E-state index is -0.122. The van der Waals surface area contributed by atoms with E-state index in [-0.39, 0.29) is 18.4 Å². The van der Waals surface area contributed by atoms with Crippen molar-refractivity contribution < 1.29 is 14.0 Å². The molecule has 2 amide bonds. The summed E-state index contributed by atoms with van der Waals surface area (Å²) in [7, 11) is 0. The minimum absolute atomic E-state index is 0.109. The zero-order valence-corrected chi connectivity index (χ0v) is 19.6. The molecular weight excluding hydrogens is 442 g/mol. The van der Waals surface area contributed by atoms with Gasteiger partial charge in [0.1, 0.15) is 11.6 Å². The fraction of sp³-hybridized carbons (Fsp3) is 0.222. The van der Waals surface area contributed by atoms with Crippen LogP contribution in [0.3, 0.4) is 0 Å². The number of nitrogens with one attached hydrogen (secondary N) is 1. The number of nitrogens with zero attached hydrogens (tertiary/aromatic N) is 4. The molecular formula is C27H27N5O3. The van der Waals surface area contributed by atoms with E-state index < -0.39 is 0 Å². The number of carbonyl (C=O) groups is 2. The van der Waals surface area contributed by atoms with Crippen LogP contribution in [0.5, 0.6) is 0 Å². The third-order valence-corrected chi connectivity index (χ3v) is 6.03. The van der Waals surface area contributed by atoms with Gasteiger partial charge in [0.05, 0.1) is 17.9 Å². The molecule has 1 aliphatic rings. The Morgan fingerprint density at radius 2 is 1.60 bits per heavy atom. The van der Waals surface area contributed by atoms with Crippen LogP contribution in [-0.4, -0.2) is 64.1 Å². The first-order valence-corrected chi connectivity index (χ1v) is 11.7. The van der Waals surface area contributed by atoms with Crippen molar-refractivity contribution in [1.82, 2.24) is 19.6 Å². The number of anilines is 1. The van der Waals surface area contributed by atoms with Crippen molar-refractivity contribution in [1.29, 1.82) is 0 Å². The third kappa shape index (κ3) is 5.17. The molecule has 4 aromatic rings. The average Bonchev–Trinajstić information content (AvgIpc) is 3.51. The molecule has 8 nitrogen and oxygen atoms in total. The Kier molecular flexibility index (Phi) is 6.45. The largest absolute Gasteiger partial charge is 0.456 e. The van der Waals surface area contributed by atoms with Crippen LogP contribution in [0.1, 0.15) is 16.3 Å². The Morgan fingerprint density at radius 1 is 0.914 bits per heavy atom. The summed E-state index contributed by atoms with van der Waals surface area (Å²) in [6, 6.07) is 25.0. The Balaban J connectivity index is 1.24. The molecule has 0 saturated carbocycles. The number of para-hydroxylation sites is 1. The monoisotopic (exact) mass is 469 g/mol.